The monoisotopic (exact) mass is 797 g/mol. The van der Waals surface area contributed by atoms with Gasteiger partial charge in [-0.2, -0.15) is 0 Å². The molecule has 6 heteroatoms. The average Bonchev–Trinajstić information content (AvgIpc) is 3.66. The molecule has 4 fully saturated rings. The third-order valence-electron chi connectivity index (χ3n) is 4.84. The fraction of sp³-hybridized carbons (Fsp3) is 0.0968. The van der Waals surface area contributed by atoms with Gasteiger partial charge in [0.15, 0.2) is 0 Å². The second-order valence-corrected chi connectivity index (χ2v) is 10.5. The minimum Gasteiger partial charge on any atom is -0.468 e. The van der Waals surface area contributed by atoms with Crippen molar-refractivity contribution in [3.8, 4) is 0 Å². The summed E-state index contributed by atoms with van der Waals surface area (Å²) in [5, 5.41) is 0. The van der Waals surface area contributed by atoms with Crippen molar-refractivity contribution in [2.45, 2.75) is 6.54 Å². The van der Waals surface area contributed by atoms with E-state index < -0.39 is 0 Å². The van der Waals surface area contributed by atoms with E-state index in [9.17, 15) is 0 Å². The van der Waals surface area contributed by atoms with Gasteiger partial charge in [-0.05, 0) is 173 Å². The zero-order valence-corrected chi connectivity index (χ0v) is 26.7. The number of furan rings is 1. The van der Waals surface area contributed by atoms with Gasteiger partial charge in [0.05, 0.1) is 12.8 Å². The van der Waals surface area contributed by atoms with Crippen LogP contribution in [-0.4, -0.2) is 18.0 Å². The predicted molar refractivity (Wildman–Crippen MR) is 162 cm³/mol. The number of hydrogen-bond acceptors (Lipinski definition) is 2. The van der Waals surface area contributed by atoms with E-state index in [1.165, 1.54) is 19.0 Å². The van der Waals surface area contributed by atoms with Crippen LogP contribution >= 0.6 is 45.2 Å². The van der Waals surface area contributed by atoms with Gasteiger partial charge in [0.1, 0.15) is 5.76 Å². The Bertz CT molecular complexity index is 658. The van der Waals surface area contributed by atoms with Crippen LogP contribution in [0.15, 0.2) is 42.1 Å². The van der Waals surface area contributed by atoms with Crippen LogP contribution in [0.2, 0.25) is 0 Å². The molecule has 190 valence electrons. The van der Waals surface area contributed by atoms with E-state index in [1.807, 2.05) is 76.3 Å². The number of rotatable bonds is 8. The molecule has 37 heavy (non-hydrogen) atoms. The van der Waals surface area contributed by atoms with Gasteiger partial charge in [-0.3, -0.25) is 4.90 Å². The third-order valence-corrected chi connectivity index (χ3v) is 6.15. The first-order chi connectivity index (χ1) is 17.2. The molecule has 1 heterocycles. The molecule has 1 aromatic rings. The zero-order valence-electron chi connectivity index (χ0n) is 20.2. The Morgan fingerprint density at radius 3 is 1.32 bits per heavy atom. The summed E-state index contributed by atoms with van der Waals surface area (Å²) in [6, 6.07) is 3.98. The number of hydrogen-bond donors (Lipinski definition) is 0. The Kier molecular flexibility index (Phi) is 22.4. The molecule has 0 amide bonds. The van der Waals surface area contributed by atoms with Crippen molar-refractivity contribution in [2.24, 2.45) is 0 Å². The summed E-state index contributed by atoms with van der Waals surface area (Å²) in [5.74, 6) is 3.50. The fourth-order valence-corrected chi connectivity index (χ4v) is 4.97. The normalized spacial score (nSPS) is 20.6. The molecule has 0 atom stereocenters. The van der Waals surface area contributed by atoms with E-state index in [-0.39, 0.29) is 34.1 Å². The molecule has 4 aliphatic rings. The standard InChI is InChI=1S/C21H19I2NO.2C5H5.2Fe/c22-19(12-17-6-1-2-7-17)14-24(16-21-10-5-11-25-21)15-20(23)13-18-8-3-4-9-18;2*1-2-4-5-3-1;;/h1-13H,14-16H2;2*1-5H;;/q;;;2*+2/b19-12-,20-13-;;;;. The van der Waals surface area contributed by atoms with E-state index in [1.54, 1.807) is 6.26 Å². The van der Waals surface area contributed by atoms with Crippen molar-refractivity contribution in [1.82, 2.24) is 4.90 Å². The topological polar surface area (TPSA) is 16.4 Å². The van der Waals surface area contributed by atoms with Gasteiger partial charge >= 0.3 is 34.1 Å². The van der Waals surface area contributed by atoms with Gasteiger partial charge < -0.3 is 4.42 Å². The second-order valence-electron chi connectivity index (χ2n) is 7.77. The van der Waals surface area contributed by atoms with Crippen LogP contribution in [0.3, 0.4) is 0 Å². The van der Waals surface area contributed by atoms with Crippen LogP contribution in [0.5, 0.6) is 0 Å². The third kappa shape index (κ3) is 16.9. The fourth-order valence-electron chi connectivity index (χ4n) is 3.28. The summed E-state index contributed by atoms with van der Waals surface area (Å²) < 4.78 is 8.18. The molecular formula is C31H29Fe2I2NO+4. The number of allylic oxidation sites excluding steroid dienone is 2. The molecule has 4 saturated carbocycles. The largest absolute Gasteiger partial charge is 2.00 e. The van der Waals surface area contributed by atoms with Gasteiger partial charge in [0.2, 0.25) is 0 Å². The predicted octanol–water partition coefficient (Wildman–Crippen LogP) is 7.57. The second kappa shape index (κ2) is 22.9. The molecule has 0 unspecified atom stereocenters. The van der Waals surface area contributed by atoms with Crippen molar-refractivity contribution in [2.75, 3.05) is 13.1 Å². The van der Waals surface area contributed by atoms with E-state index >= 15 is 0 Å². The Labute approximate surface area is 276 Å². The smallest absolute Gasteiger partial charge is 0.468 e. The summed E-state index contributed by atoms with van der Waals surface area (Å²) in [6.45, 7) is 2.59. The SMILES string of the molecule is I/C(=C\[C]1[CH][CH][CH][CH]1)CN(C/C(I)=C/[C]1[CH][CH][CH][CH]1)Cc1ccco1.[CH]1[CH][CH][CH][CH]1.[CH]1[CH][CH][CH][CH]1.[Fe+2].[Fe+2]. The Hall–Kier alpha value is 1.22. The van der Waals surface area contributed by atoms with Crippen molar-refractivity contribution in [3.63, 3.8) is 0 Å². The van der Waals surface area contributed by atoms with Crippen molar-refractivity contribution < 1.29 is 38.6 Å². The Morgan fingerprint density at radius 1 is 0.622 bits per heavy atom. The van der Waals surface area contributed by atoms with Crippen LogP contribution in [0.4, 0.5) is 0 Å². The summed E-state index contributed by atoms with van der Waals surface area (Å²) >= 11 is 4.87. The molecule has 1 aromatic heterocycles. The average molecular weight is 797 g/mol. The quantitative estimate of drug-likeness (QED) is 0.200. The van der Waals surface area contributed by atoms with Crippen molar-refractivity contribution in [3.05, 3.63) is 171 Å². The summed E-state index contributed by atoms with van der Waals surface area (Å²) in [6.07, 6.45) is 43.0. The molecule has 2 nitrogen and oxygen atoms in total. The minimum atomic E-state index is 0. The number of halogens is 2. The summed E-state index contributed by atoms with van der Waals surface area (Å²) in [5.41, 5.74) is 0. The molecule has 20 radical (unpaired) electrons. The van der Waals surface area contributed by atoms with Gasteiger partial charge in [0, 0.05) is 32.1 Å². The van der Waals surface area contributed by atoms with Crippen molar-refractivity contribution >= 4 is 45.2 Å². The molecule has 4 aliphatic carbocycles. The maximum Gasteiger partial charge on any atom is 2.00 e. The van der Waals surface area contributed by atoms with Crippen LogP contribution < -0.4 is 0 Å². The van der Waals surface area contributed by atoms with E-state index in [2.05, 4.69) is 114 Å². The number of nitrogens with zero attached hydrogens (tertiary/aromatic N) is 1. The first kappa shape index (κ1) is 36.2. The first-order valence-electron chi connectivity index (χ1n) is 11.4. The molecular weight excluding hydrogens is 768 g/mol. The Morgan fingerprint density at radius 2 is 1.00 bits per heavy atom. The first-order valence-corrected chi connectivity index (χ1v) is 13.6. The molecule has 0 bridgehead atoms. The minimum absolute atomic E-state index is 0. The van der Waals surface area contributed by atoms with Gasteiger partial charge in [-0.15, -0.1) is 0 Å². The van der Waals surface area contributed by atoms with Gasteiger partial charge in [-0.1, -0.05) is 12.2 Å². The molecule has 0 aromatic carbocycles. The van der Waals surface area contributed by atoms with E-state index in [0.717, 1.165) is 25.4 Å². The Balaban J connectivity index is 0.000000474. The van der Waals surface area contributed by atoms with Crippen molar-refractivity contribution in [1.29, 1.82) is 0 Å². The van der Waals surface area contributed by atoms with E-state index in [4.69, 9.17) is 4.42 Å². The zero-order chi connectivity index (χ0) is 24.6. The maximum absolute atomic E-state index is 5.55. The molecule has 0 spiro atoms. The summed E-state index contributed by atoms with van der Waals surface area (Å²) in [7, 11) is 0. The molecule has 0 aliphatic heterocycles. The van der Waals surface area contributed by atoms with Crippen LogP contribution in [0.1, 0.15) is 5.76 Å². The van der Waals surface area contributed by atoms with E-state index in [0.29, 0.717) is 0 Å². The summed E-state index contributed by atoms with van der Waals surface area (Å²) in [4.78, 5) is 2.40. The van der Waals surface area contributed by atoms with Gasteiger partial charge in [0.25, 0.3) is 0 Å². The van der Waals surface area contributed by atoms with Crippen LogP contribution in [0.25, 0.3) is 0 Å². The van der Waals surface area contributed by atoms with Gasteiger partial charge in [-0.25, -0.2) is 0 Å². The maximum atomic E-state index is 5.55. The molecule has 0 saturated heterocycles. The molecule has 0 N–H and O–H groups in total. The van der Waals surface area contributed by atoms with Crippen LogP contribution in [-0.2, 0) is 40.7 Å². The van der Waals surface area contributed by atoms with Crippen LogP contribution in [0, 0.1) is 127 Å². The molecule has 5 rings (SSSR count).